The van der Waals surface area contributed by atoms with Crippen LogP contribution in [0.25, 0.3) is 0 Å². The second-order valence-corrected chi connectivity index (χ2v) is 4.34. The molecule has 2 aromatic rings. The molecule has 0 fully saturated rings. The van der Waals surface area contributed by atoms with Crippen LogP contribution < -0.4 is 0 Å². The Morgan fingerprint density at radius 3 is 2.05 bits per heavy atom. The smallest absolute Gasteiger partial charge is 0.252 e. The number of hydrogen-bond acceptors (Lipinski definition) is 4. The molecule has 0 N–H and O–H groups in total. The van der Waals surface area contributed by atoms with Crippen molar-refractivity contribution in [1.82, 2.24) is 0 Å². The molecule has 3 rings (SSSR count). The quantitative estimate of drug-likeness (QED) is 0.801. The molecule has 0 bridgehead atoms. The molecule has 2 aromatic carbocycles. The summed E-state index contributed by atoms with van der Waals surface area (Å²) >= 11 is 0. The molecule has 0 atom stereocenters. The van der Waals surface area contributed by atoms with Gasteiger partial charge in [0.1, 0.15) is 0 Å². The lowest BCUT2D eigenvalue weighted by Crippen LogP contribution is -1.99. The summed E-state index contributed by atoms with van der Waals surface area (Å²) in [6.07, 6.45) is 0.959. The van der Waals surface area contributed by atoms with Crippen molar-refractivity contribution in [2.75, 3.05) is 0 Å². The molecule has 0 amide bonds. The van der Waals surface area contributed by atoms with E-state index >= 15 is 0 Å². The van der Waals surface area contributed by atoms with Gasteiger partial charge in [-0.05, 0) is 17.2 Å². The van der Waals surface area contributed by atoms with Crippen molar-refractivity contribution in [2.24, 2.45) is 4.99 Å². The highest BCUT2D eigenvalue weighted by Crippen LogP contribution is 2.27. The van der Waals surface area contributed by atoms with Gasteiger partial charge in [0.2, 0.25) is 0 Å². The van der Waals surface area contributed by atoms with Crippen molar-refractivity contribution in [2.45, 2.75) is 6.42 Å². The molecule has 0 aromatic heterocycles. The van der Waals surface area contributed by atoms with E-state index in [1.54, 1.807) is 0 Å². The predicted octanol–water partition coefficient (Wildman–Crippen LogP) is 2.36. The van der Waals surface area contributed by atoms with Gasteiger partial charge >= 0.3 is 10.6 Å². The first-order valence-electron chi connectivity index (χ1n) is 5.64. The van der Waals surface area contributed by atoms with Crippen molar-refractivity contribution in [3.63, 3.8) is 0 Å². The van der Waals surface area contributed by atoms with Crippen LogP contribution in [0.1, 0.15) is 11.1 Å². The monoisotopic (exact) mass is 273 g/mol. The molecule has 5 heteroatoms. The fourth-order valence-electron chi connectivity index (χ4n) is 1.93. The lowest BCUT2D eigenvalue weighted by Gasteiger charge is -1.98. The van der Waals surface area contributed by atoms with Crippen molar-refractivity contribution in [1.29, 1.82) is 0 Å². The molecule has 4 nitrogen and oxygen atoms in total. The van der Waals surface area contributed by atoms with E-state index in [-0.39, 0.29) is 0 Å². The first kappa shape index (κ1) is 13.2. The highest BCUT2D eigenvalue weighted by atomic mass is 32.2. The van der Waals surface area contributed by atoms with E-state index in [9.17, 15) is 0 Å². The van der Waals surface area contributed by atoms with Gasteiger partial charge in [-0.25, -0.2) is 0 Å². The highest BCUT2D eigenvalue weighted by Gasteiger charge is 2.14. The number of nitrogens with zero attached hydrogens (tertiary/aromatic N) is 1. The van der Waals surface area contributed by atoms with E-state index < -0.39 is 10.6 Å². The largest absolute Gasteiger partial charge is 0.425 e. The predicted molar refractivity (Wildman–Crippen MR) is 72.5 cm³/mol. The van der Waals surface area contributed by atoms with Gasteiger partial charge in [0.15, 0.2) is 0 Å². The summed E-state index contributed by atoms with van der Waals surface area (Å²) in [5.41, 5.74) is 4.86. The molecule has 0 saturated heterocycles. The number of benzene rings is 2. The average Bonchev–Trinajstić information content (AvgIpc) is 2.83. The maximum atomic E-state index is 8.44. The van der Waals surface area contributed by atoms with Crippen LogP contribution >= 0.6 is 0 Å². The molecular formula is C14H11NO3S. The van der Waals surface area contributed by atoms with E-state index in [2.05, 4.69) is 47.5 Å². The Balaban J connectivity index is 0.000000297. The maximum absolute atomic E-state index is 8.44. The van der Waals surface area contributed by atoms with Crippen LogP contribution in [0, 0.1) is 0 Å². The molecule has 0 spiro atoms. The van der Waals surface area contributed by atoms with Gasteiger partial charge in [-0.15, -0.1) is 12.6 Å². The minimum atomic E-state index is -3.11. The van der Waals surface area contributed by atoms with E-state index in [1.807, 2.05) is 12.1 Å². The fraction of sp³-hybridized carbons (Fsp3) is 0.0714. The Kier molecular flexibility index (Phi) is 4.20. The number of para-hydroxylation sites is 1. The van der Waals surface area contributed by atoms with Crippen molar-refractivity contribution < 1.29 is 12.6 Å². The summed E-state index contributed by atoms with van der Waals surface area (Å²) in [7, 11) is -3.11. The van der Waals surface area contributed by atoms with Gasteiger partial charge in [-0.2, -0.15) is 0 Å². The maximum Gasteiger partial charge on any atom is 0.425 e. The minimum Gasteiger partial charge on any atom is -0.252 e. The first-order valence-corrected chi connectivity index (χ1v) is 6.64. The third kappa shape index (κ3) is 3.59. The van der Waals surface area contributed by atoms with Crippen molar-refractivity contribution in [3.8, 4) is 0 Å². The first-order chi connectivity index (χ1) is 9.16. The number of aliphatic imine (C=N–C) groups is 1. The SMILES string of the molecule is O=S(=O)=O.c1ccc(C2=Nc3ccccc3C2)cc1. The van der Waals surface area contributed by atoms with Crippen LogP contribution in [0.2, 0.25) is 0 Å². The molecule has 1 aliphatic rings. The standard InChI is InChI=1S/C14H11N.O3S/c1-2-6-11(7-3-1)14-10-12-8-4-5-9-13(12)15-14;1-4(2)3/h1-9H,10H2;. The van der Waals surface area contributed by atoms with Crippen molar-refractivity contribution in [3.05, 3.63) is 65.7 Å². The zero-order chi connectivity index (χ0) is 13.7. The van der Waals surface area contributed by atoms with Crippen LogP contribution in [0.15, 0.2) is 59.6 Å². The second-order valence-electron chi connectivity index (χ2n) is 3.93. The van der Waals surface area contributed by atoms with Crippen molar-refractivity contribution >= 4 is 22.0 Å². The Morgan fingerprint density at radius 1 is 0.842 bits per heavy atom. The Hall–Kier alpha value is -2.27. The summed E-state index contributed by atoms with van der Waals surface area (Å²) in [6, 6.07) is 18.7. The number of rotatable bonds is 1. The summed E-state index contributed by atoms with van der Waals surface area (Å²) in [6.45, 7) is 0. The van der Waals surface area contributed by atoms with Gasteiger partial charge in [0.25, 0.3) is 0 Å². The molecule has 0 unspecified atom stereocenters. The molecule has 0 aliphatic carbocycles. The van der Waals surface area contributed by atoms with Gasteiger partial charge in [0, 0.05) is 6.42 Å². The van der Waals surface area contributed by atoms with E-state index in [0.29, 0.717) is 0 Å². The second kappa shape index (κ2) is 6.06. The summed E-state index contributed by atoms with van der Waals surface area (Å²) in [5.74, 6) is 0. The molecule has 96 valence electrons. The fourth-order valence-corrected chi connectivity index (χ4v) is 1.93. The number of hydrogen-bond donors (Lipinski definition) is 0. The van der Waals surface area contributed by atoms with Gasteiger partial charge in [-0.3, -0.25) is 4.99 Å². The molecule has 0 radical (unpaired) electrons. The van der Waals surface area contributed by atoms with Gasteiger partial charge in [-0.1, -0.05) is 48.5 Å². The summed E-state index contributed by atoms with van der Waals surface area (Å²) in [5, 5.41) is 0. The molecule has 1 heterocycles. The Bertz CT molecular complexity index is 700. The van der Waals surface area contributed by atoms with Crippen LogP contribution in [0.3, 0.4) is 0 Å². The molecule has 0 saturated carbocycles. The molecule has 19 heavy (non-hydrogen) atoms. The Morgan fingerprint density at radius 2 is 1.42 bits per heavy atom. The molecular weight excluding hydrogens is 262 g/mol. The lowest BCUT2D eigenvalue weighted by molar-refractivity contribution is 0.559. The zero-order valence-corrected chi connectivity index (χ0v) is 10.8. The average molecular weight is 273 g/mol. The van der Waals surface area contributed by atoms with E-state index in [0.717, 1.165) is 12.1 Å². The van der Waals surface area contributed by atoms with Gasteiger partial charge < -0.3 is 0 Å². The van der Waals surface area contributed by atoms with Crippen LogP contribution in [0.4, 0.5) is 5.69 Å². The lowest BCUT2D eigenvalue weighted by atomic mass is 10.0. The van der Waals surface area contributed by atoms with Crippen LogP contribution in [0.5, 0.6) is 0 Å². The Labute approximate surface area is 112 Å². The topological polar surface area (TPSA) is 63.6 Å². The van der Waals surface area contributed by atoms with Crippen LogP contribution in [-0.4, -0.2) is 18.3 Å². The van der Waals surface area contributed by atoms with E-state index in [1.165, 1.54) is 16.8 Å². The summed E-state index contributed by atoms with van der Waals surface area (Å²) < 4.78 is 25.3. The summed E-state index contributed by atoms with van der Waals surface area (Å²) in [4.78, 5) is 4.64. The molecule has 1 aliphatic heterocycles. The van der Waals surface area contributed by atoms with E-state index in [4.69, 9.17) is 12.6 Å². The van der Waals surface area contributed by atoms with Crippen LogP contribution in [-0.2, 0) is 17.0 Å². The number of fused-ring (bicyclic) bond motifs is 1. The normalized spacial score (nSPS) is 11.9. The highest BCUT2D eigenvalue weighted by molar-refractivity contribution is 7.59. The van der Waals surface area contributed by atoms with Gasteiger partial charge in [0.05, 0.1) is 11.4 Å². The third-order valence-corrected chi connectivity index (χ3v) is 2.71. The third-order valence-electron chi connectivity index (χ3n) is 2.71. The minimum absolute atomic E-state index is 0.959. The zero-order valence-electron chi connectivity index (χ0n) is 9.98.